The summed E-state index contributed by atoms with van der Waals surface area (Å²) in [6, 6.07) is 8.35. The third kappa shape index (κ3) is 2.51. The van der Waals surface area contributed by atoms with E-state index < -0.39 is 0 Å². The molecular formula is C16H20N4. The summed E-state index contributed by atoms with van der Waals surface area (Å²) in [5.74, 6) is 1.04. The average molecular weight is 268 g/mol. The lowest BCUT2D eigenvalue weighted by atomic mass is 9.95. The first-order valence-corrected chi connectivity index (χ1v) is 7.04. The van der Waals surface area contributed by atoms with E-state index in [2.05, 4.69) is 53.4 Å². The Morgan fingerprint density at radius 1 is 1.25 bits per heavy atom. The quantitative estimate of drug-likeness (QED) is 0.895. The Kier molecular flexibility index (Phi) is 3.40. The van der Waals surface area contributed by atoms with Crippen molar-refractivity contribution in [3.05, 3.63) is 41.1 Å². The normalized spacial score (nSPS) is 15.1. The Bertz CT molecular complexity index is 632. The lowest BCUT2D eigenvalue weighted by Crippen LogP contribution is -2.43. The van der Waals surface area contributed by atoms with Crippen molar-refractivity contribution in [3.8, 4) is 11.3 Å². The van der Waals surface area contributed by atoms with Gasteiger partial charge in [-0.05, 0) is 56.5 Å². The van der Waals surface area contributed by atoms with Crippen LogP contribution in [0.15, 0.2) is 24.3 Å². The number of nitrogens with zero attached hydrogens (tertiary/aromatic N) is 2. The number of nitrogen functional groups attached to an aromatic ring is 1. The highest BCUT2D eigenvalue weighted by molar-refractivity contribution is 5.66. The fraction of sp³-hybridized carbons (Fsp3) is 0.375. The SMILES string of the molecule is Cc1cccc(-c2cc(CC3CNC3)nc(N)n2)c1C. The van der Waals surface area contributed by atoms with Gasteiger partial charge in [-0.15, -0.1) is 0 Å². The van der Waals surface area contributed by atoms with Crippen LogP contribution in [0.1, 0.15) is 16.8 Å². The minimum Gasteiger partial charge on any atom is -0.368 e. The highest BCUT2D eigenvalue weighted by Crippen LogP contribution is 2.25. The van der Waals surface area contributed by atoms with E-state index in [9.17, 15) is 0 Å². The molecule has 0 aliphatic carbocycles. The van der Waals surface area contributed by atoms with Gasteiger partial charge in [-0.2, -0.15) is 0 Å². The van der Waals surface area contributed by atoms with E-state index in [4.69, 9.17) is 5.73 Å². The molecule has 0 saturated carbocycles. The van der Waals surface area contributed by atoms with Crippen molar-refractivity contribution in [1.29, 1.82) is 0 Å². The van der Waals surface area contributed by atoms with Gasteiger partial charge in [-0.3, -0.25) is 0 Å². The van der Waals surface area contributed by atoms with Gasteiger partial charge < -0.3 is 11.1 Å². The molecule has 2 aromatic rings. The molecule has 0 atom stereocenters. The summed E-state index contributed by atoms with van der Waals surface area (Å²) in [5, 5.41) is 3.28. The second kappa shape index (κ2) is 5.21. The number of anilines is 1. The molecule has 4 nitrogen and oxygen atoms in total. The molecule has 1 aliphatic rings. The first-order chi connectivity index (χ1) is 9.63. The monoisotopic (exact) mass is 268 g/mol. The second-order valence-electron chi connectivity index (χ2n) is 5.58. The van der Waals surface area contributed by atoms with Crippen LogP contribution in [-0.4, -0.2) is 23.1 Å². The summed E-state index contributed by atoms with van der Waals surface area (Å²) in [6.45, 7) is 6.38. The van der Waals surface area contributed by atoms with Crippen LogP contribution in [0, 0.1) is 19.8 Å². The first kappa shape index (κ1) is 13.1. The number of nitrogens with two attached hydrogens (primary N) is 1. The molecular weight excluding hydrogens is 248 g/mol. The van der Waals surface area contributed by atoms with Gasteiger partial charge in [0, 0.05) is 11.3 Å². The van der Waals surface area contributed by atoms with Crippen molar-refractivity contribution in [2.75, 3.05) is 18.8 Å². The number of rotatable bonds is 3. The third-order valence-electron chi connectivity index (χ3n) is 4.04. The fourth-order valence-electron chi connectivity index (χ4n) is 2.58. The van der Waals surface area contributed by atoms with Crippen LogP contribution in [0.2, 0.25) is 0 Å². The molecule has 1 aromatic heterocycles. The van der Waals surface area contributed by atoms with Gasteiger partial charge >= 0.3 is 0 Å². The summed E-state index contributed by atoms with van der Waals surface area (Å²) in [7, 11) is 0. The van der Waals surface area contributed by atoms with E-state index in [1.165, 1.54) is 11.1 Å². The van der Waals surface area contributed by atoms with Crippen molar-refractivity contribution >= 4 is 5.95 Å². The standard InChI is InChI=1S/C16H20N4/c1-10-4-3-5-14(11(10)2)15-7-13(19-16(17)20-15)6-12-8-18-9-12/h3-5,7,12,18H,6,8-9H2,1-2H3,(H2,17,19,20). The maximum absolute atomic E-state index is 5.88. The predicted molar refractivity (Wildman–Crippen MR) is 81.4 cm³/mol. The molecule has 0 amide bonds. The fourth-order valence-corrected chi connectivity index (χ4v) is 2.58. The molecule has 3 N–H and O–H groups in total. The molecule has 1 aromatic carbocycles. The molecule has 0 bridgehead atoms. The minimum atomic E-state index is 0.366. The number of nitrogens with one attached hydrogen (secondary N) is 1. The van der Waals surface area contributed by atoms with Crippen LogP contribution in [0.25, 0.3) is 11.3 Å². The first-order valence-electron chi connectivity index (χ1n) is 7.04. The molecule has 0 spiro atoms. The molecule has 1 aliphatic heterocycles. The topological polar surface area (TPSA) is 63.8 Å². The number of hydrogen-bond acceptors (Lipinski definition) is 4. The van der Waals surface area contributed by atoms with Crippen LogP contribution in [-0.2, 0) is 6.42 Å². The van der Waals surface area contributed by atoms with Crippen LogP contribution in [0.5, 0.6) is 0 Å². The number of hydrogen-bond donors (Lipinski definition) is 2. The van der Waals surface area contributed by atoms with E-state index in [1.54, 1.807) is 0 Å². The van der Waals surface area contributed by atoms with Gasteiger partial charge in [0.1, 0.15) is 0 Å². The Balaban J connectivity index is 1.98. The van der Waals surface area contributed by atoms with Gasteiger partial charge in [0.2, 0.25) is 5.95 Å². The maximum Gasteiger partial charge on any atom is 0.220 e. The minimum absolute atomic E-state index is 0.366. The Labute approximate surface area is 119 Å². The molecule has 104 valence electrons. The average Bonchev–Trinajstić information content (AvgIpc) is 2.36. The smallest absolute Gasteiger partial charge is 0.220 e. The predicted octanol–water partition coefficient (Wildman–Crippen LogP) is 2.10. The molecule has 3 rings (SSSR count). The Hall–Kier alpha value is -1.94. The van der Waals surface area contributed by atoms with E-state index in [1.807, 2.05) is 0 Å². The van der Waals surface area contributed by atoms with E-state index in [0.29, 0.717) is 11.9 Å². The lowest BCUT2D eigenvalue weighted by Gasteiger charge is -2.26. The highest BCUT2D eigenvalue weighted by atomic mass is 15.0. The molecule has 4 heteroatoms. The van der Waals surface area contributed by atoms with E-state index in [0.717, 1.165) is 36.5 Å². The van der Waals surface area contributed by atoms with Crippen molar-refractivity contribution in [2.45, 2.75) is 20.3 Å². The van der Waals surface area contributed by atoms with Gasteiger partial charge in [-0.1, -0.05) is 18.2 Å². The molecule has 2 heterocycles. The summed E-state index contributed by atoms with van der Waals surface area (Å²) < 4.78 is 0. The highest BCUT2D eigenvalue weighted by Gasteiger charge is 2.18. The second-order valence-corrected chi connectivity index (χ2v) is 5.58. The lowest BCUT2D eigenvalue weighted by molar-refractivity contribution is 0.344. The number of aromatic nitrogens is 2. The molecule has 1 fully saturated rings. The van der Waals surface area contributed by atoms with E-state index >= 15 is 0 Å². The zero-order valence-corrected chi connectivity index (χ0v) is 12.0. The summed E-state index contributed by atoms with van der Waals surface area (Å²) >= 11 is 0. The largest absolute Gasteiger partial charge is 0.368 e. The summed E-state index contributed by atoms with van der Waals surface area (Å²) in [6.07, 6.45) is 0.970. The van der Waals surface area contributed by atoms with Crippen LogP contribution in [0.4, 0.5) is 5.95 Å². The third-order valence-corrected chi connectivity index (χ3v) is 4.04. The molecule has 20 heavy (non-hydrogen) atoms. The van der Waals surface area contributed by atoms with Gasteiger partial charge in [0.05, 0.1) is 5.69 Å². The maximum atomic E-state index is 5.88. The van der Waals surface area contributed by atoms with Crippen molar-refractivity contribution in [1.82, 2.24) is 15.3 Å². The van der Waals surface area contributed by atoms with Gasteiger partial charge in [0.15, 0.2) is 0 Å². The van der Waals surface area contributed by atoms with Crippen molar-refractivity contribution in [3.63, 3.8) is 0 Å². The van der Waals surface area contributed by atoms with Crippen LogP contribution in [0.3, 0.4) is 0 Å². The zero-order chi connectivity index (χ0) is 14.1. The Morgan fingerprint density at radius 3 is 2.75 bits per heavy atom. The van der Waals surface area contributed by atoms with Crippen molar-refractivity contribution in [2.24, 2.45) is 5.92 Å². The van der Waals surface area contributed by atoms with Gasteiger partial charge in [-0.25, -0.2) is 9.97 Å². The number of aryl methyl sites for hydroxylation is 1. The van der Waals surface area contributed by atoms with Crippen LogP contribution >= 0.6 is 0 Å². The zero-order valence-electron chi connectivity index (χ0n) is 12.0. The van der Waals surface area contributed by atoms with Gasteiger partial charge in [0.25, 0.3) is 0 Å². The van der Waals surface area contributed by atoms with E-state index in [-0.39, 0.29) is 0 Å². The van der Waals surface area contributed by atoms with Crippen molar-refractivity contribution < 1.29 is 0 Å². The number of benzene rings is 1. The molecule has 0 radical (unpaired) electrons. The molecule has 0 unspecified atom stereocenters. The summed E-state index contributed by atoms with van der Waals surface area (Å²) in [4.78, 5) is 8.78. The van der Waals surface area contributed by atoms with Crippen LogP contribution < -0.4 is 11.1 Å². The summed E-state index contributed by atoms with van der Waals surface area (Å²) in [5.41, 5.74) is 11.5. The Morgan fingerprint density at radius 2 is 2.05 bits per heavy atom. The molecule has 1 saturated heterocycles.